The maximum absolute atomic E-state index is 5.36. The van der Waals surface area contributed by atoms with Gasteiger partial charge < -0.3 is 10.5 Å². The lowest BCUT2D eigenvalue weighted by molar-refractivity contribution is 0.181. The molecule has 0 fully saturated rings. The molecule has 0 bridgehead atoms. The third-order valence-corrected chi connectivity index (χ3v) is 1.22. The van der Waals surface area contributed by atoms with Crippen LogP contribution in [0.15, 0.2) is 0 Å². The van der Waals surface area contributed by atoms with E-state index in [1.807, 2.05) is 0 Å². The van der Waals surface area contributed by atoms with Crippen LogP contribution in [0.3, 0.4) is 0 Å². The fourth-order valence-corrected chi connectivity index (χ4v) is 0.437. The van der Waals surface area contributed by atoms with E-state index in [2.05, 4.69) is 6.92 Å². The Bertz CT molecular complexity index is 52.3. The molecule has 2 N–H and O–H groups in total. The van der Waals surface area contributed by atoms with Gasteiger partial charge in [-0.05, 0) is 18.9 Å². The third kappa shape index (κ3) is 8.21. The van der Waals surface area contributed by atoms with Crippen LogP contribution in [0, 0.1) is 5.92 Å². The molecule has 2 nitrogen and oxygen atoms in total. The van der Waals surface area contributed by atoms with Crippen molar-refractivity contribution in [3.63, 3.8) is 0 Å². The van der Waals surface area contributed by atoms with E-state index in [-0.39, 0.29) is 12.4 Å². The lowest BCUT2D eigenvalue weighted by atomic mass is 10.1. The standard InChI is InChI=1S/C6H15NO.ClH/c1-6(5-7)3-4-8-2;/h6H,3-5,7H2,1-2H3;1H. The normalized spacial score (nSPS) is 12.3. The van der Waals surface area contributed by atoms with Gasteiger partial charge in [-0.2, -0.15) is 0 Å². The van der Waals surface area contributed by atoms with Crippen LogP contribution in [0.5, 0.6) is 0 Å². The summed E-state index contributed by atoms with van der Waals surface area (Å²) in [5.74, 6) is 0.606. The van der Waals surface area contributed by atoms with Crippen LogP contribution in [-0.4, -0.2) is 20.3 Å². The summed E-state index contributed by atoms with van der Waals surface area (Å²) in [7, 11) is 1.71. The molecule has 0 aromatic rings. The first kappa shape index (κ1) is 11.9. The van der Waals surface area contributed by atoms with E-state index in [0.717, 1.165) is 19.6 Å². The number of nitrogens with two attached hydrogens (primary N) is 1. The van der Waals surface area contributed by atoms with Crippen molar-refractivity contribution in [2.75, 3.05) is 20.3 Å². The number of halogens is 1. The second-order valence-corrected chi connectivity index (χ2v) is 2.12. The Balaban J connectivity index is 0. The number of hydrogen-bond acceptors (Lipinski definition) is 2. The van der Waals surface area contributed by atoms with Gasteiger partial charge in [-0.3, -0.25) is 0 Å². The molecule has 0 radical (unpaired) electrons. The highest BCUT2D eigenvalue weighted by molar-refractivity contribution is 5.85. The van der Waals surface area contributed by atoms with Crippen molar-refractivity contribution in [3.05, 3.63) is 0 Å². The zero-order valence-corrected chi connectivity index (χ0v) is 6.91. The Morgan fingerprint density at radius 2 is 2.11 bits per heavy atom. The predicted molar refractivity (Wildman–Crippen MR) is 42.0 cm³/mol. The molecule has 3 heteroatoms. The van der Waals surface area contributed by atoms with Crippen molar-refractivity contribution in [1.82, 2.24) is 0 Å². The smallest absolute Gasteiger partial charge is 0.0465 e. The lowest BCUT2D eigenvalue weighted by Crippen LogP contribution is -2.12. The molecule has 0 spiro atoms. The average molecular weight is 154 g/mol. The highest BCUT2D eigenvalue weighted by atomic mass is 35.5. The summed E-state index contributed by atoms with van der Waals surface area (Å²) in [6, 6.07) is 0. The molecule has 0 aliphatic heterocycles. The third-order valence-electron chi connectivity index (χ3n) is 1.22. The summed E-state index contributed by atoms with van der Waals surface area (Å²) >= 11 is 0. The van der Waals surface area contributed by atoms with E-state index < -0.39 is 0 Å². The molecule has 0 rings (SSSR count). The molecule has 0 aromatic heterocycles. The molecule has 0 heterocycles. The van der Waals surface area contributed by atoms with Gasteiger partial charge >= 0.3 is 0 Å². The summed E-state index contributed by atoms with van der Waals surface area (Å²) in [6.45, 7) is 3.72. The van der Waals surface area contributed by atoms with Crippen LogP contribution in [0.2, 0.25) is 0 Å². The van der Waals surface area contributed by atoms with Crippen LogP contribution in [0.1, 0.15) is 13.3 Å². The van der Waals surface area contributed by atoms with Crippen molar-refractivity contribution in [2.24, 2.45) is 11.7 Å². The lowest BCUT2D eigenvalue weighted by Gasteiger charge is -2.04. The van der Waals surface area contributed by atoms with E-state index in [1.54, 1.807) is 7.11 Å². The van der Waals surface area contributed by atoms with Gasteiger partial charge in [-0.25, -0.2) is 0 Å². The second-order valence-electron chi connectivity index (χ2n) is 2.12. The second kappa shape index (κ2) is 8.21. The van der Waals surface area contributed by atoms with Crippen LogP contribution < -0.4 is 5.73 Å². The minimum atomic E-state index is 0. The number of rotatable bonds is 4. The van der Waals surface area contributed by atoms with Gasteiger partial charge in [0.1, 0.15) is 0 Å². The van der Waals surface area contributed by atoms with Crippen LogP contribution in [0.25, 0.3) is 0 Å². The first-order valence-corrected chi connectivity index (χ1v) is 3.00. The topological polar surface area (TPSA) is 35.2 Å². The maximum atomic E-state index is 5.36. The van der Waals surface area contributed by atoms with Gasteiger partial charge in [-0.1, -0.05) is 6.92 Å². The summed E-state index contributed by atoms with van der Waals surface area (Å²) in [4.78, 5) is 0. The average Bonchev–Trinajstić information content (AvgIpc) is 1.83. The van der Waals surface area contributed by atoms with Crippen LogP contribution in [0.4, 0.5) is 0 Å². The Morgan fingerprint density at radius 3 is 2.44 bits per heavy atom. The van der Waals surface area contributed by atoms with Gasteiger partial charge in [0, 0.05) is 13.7 Å². The maximum Gasteiger partial charge on any atom is 0.0465 e. The molecular formula is C6H16ClNO. The van der Waals surface area contributed by atoms with Gasteiger partial charge in [-0.15, -0.1) is 12.4 Å². The molecule has 58 valence electrons. The summed E-state index contributed by atoms with van der Waals surface area (Å²) in [5, 5.41) is 0. The molecule has 9 heavy (non-hydrogen) atoms. The first-order valence-electron chi connectivity index (χ1n) is 3.00. The van der Waals surface area contributed by atoms with E-state index >= 15 is 0 Å². The summed E-state index contributed by atoms with van der Waals surface area (Å²) < 4.78 is 4.86. The SMILES string of the molecule is COCCC(C)CN.Cl. The largest absolute Gasteiger partial charge is 0.385 e. The monoisotopic (exact) mass is 153 g/mol. The number of hydrogen-bond donors (Lipinski definition) is 1. The predicted octanol–water partition coefficient (Wildman–Crippen LogP) is 1.04. The van der Waals surface area contributed by atoms with Gasteiger partial charge in [0.05, 0.1) is 0 Å². The minimum Gasteiger partial charge on any atom is -0.385 e. The molecule has 0 aliphatic carbocycles. The molecule has 1 unspecified atom stereocenters. The fraction of sp³-hybridized carbons (Fsp3) is 1.00. The van der Waals surface area contributed by atoms with E-state index in [1.165, 1.54) is 0 Å². The van der Waals surface area contributed by atoms with E-state index in [4.69, 9.17) is 10.5 Å². The van der Waals surface area contributed by atoms with Crippen molar-refractivity contribution in [3.8, 4) is 0 Å². The zero-order valence-electron chi connectivity index (χ0n) is 6.09. The molecular weight excluding hydrogens is 138 g/mol. The van der Waals surface area contributed by atoms with E-state index in [0.29, 0.717) is 5.92 Å². The molecule has 0 amide bonds. The molecule has 0 aliphatic rings. The van der Waals surface area contributed by atoms with Crippen LogP contribution in [-0.2, 0) is 4.74 Å². The molecule has 0 saturated carbocycles. The molecule has 0 saturated heterocycles. The highest BCUT2D eigenvalue weighted by Gasteiger charge is 1.95. The van der Waals surface area contributed by atoms with E-state index in [9.17, 15) is 0 Å². The molecule has 0 aromatic carbocycles. The number of methoxy groups -OCH3 is 1. The fourth-order valence-electron chi connectivity index (χ4n) is 0.437. The first-order chi connectivity index (χ1) is 3.81. The van der Waals surface area contributed by atoms with Crippen molar-refractivity contribution >= 4 is 12.4 Å². The molecule has 1 atom stereocenters. The van der Waals surface area contributed by atoms with Crippen molar-refractivity contribution in [2.45, 2.75) is 13.3 Å². The minimum absolute atomic E-state index is 0. The highest BCUT2D eigenvalue weighted by Crippen LogP contribution is 1.96. The van der Waals surface area contributed by atoms with Gasteiger partial charge in [0.2, 0.25) is 0 Å². The quantitative estimate of drug-likeness (QED) is 0.655. The summed E-state index contributed by atoms with van der Waals surface area (Å²) in [6.07, 6.45) is 1.08. The Morgan fingerprint density at radius 1 is 1.56 bits per heavy atom. The Hall–Kier alpha value is 0.210. The summed E-state index contributed by atoms with van der Waals surface area (Å²) in [5.41, 5.74) is 5.36. The zero-order chi connectivity index (χ0) is 6.41. The van der Waals surface area contributed by atoms with Crippen molar-refractivity contribution in [1.29, 1.82) is 0 Å². The van der Waals surface area contributed by atoms with Gasteiger partial charge in [0.15, 0.2) is 0 Å². The van der Waals surface area contributed by atoms with Crippen molar-refractivity contribution < 1.29 is 4.74 Å². The van der Waals surface area contributed by atoms with Gasteiger partial charge in [0.25, 0.3) is 0 Å². The number of ether oxygens (including phenoxy) is 1. The Labute approximate surface area is 63.2 Å². The Kier molecular flexibility index (Phi) is 10.9. The van der Waals surface area contributed by atoms with Crippen LogP contribution >= 0.6 is 12.4 Å².